The number of benzene rings is 1. The van der Waals surface area contributed by atoms with Crippen molar-refractivity contribution in [3.05, 3.63) is 52.3 Å². The predicted molar refractivity (Wildman–Crippen MR) is 102 cm³/mol. The van der Waals surface area contributed by atoms with E-state index >= 15 is 0 Å². The molecule has 0 aliphatic heterocycles. The van der Waals surface area contributed by atoms with Crippen molar-refractivity contribution in [2.45, 2.75) is 46.3 Å². The number of amides is 1. The molecule has 1 heterocycles. The smallest absolute Gasteiger partial charge is 0.234 e. The van der Waals surface area contributed by atoms with Crippen LogP contribution in [0.15, 0.2) is 30.3 Å². The molecule has 1 N–H and O–H groups in total. The Bertz CT molecular complexity index is 719. The van der Waals surface area contributed by atoms with Gasteiger partial charge in [0.2, 0.25) is 5.91 Å². The predicted octanol–water partition coefficient (Wildman–Crippen LogP) is 3.24. The molecule has 25 heavy (non-hydrogen) atoms. The minimum atomic E-state index is -0.230. The molecule has 2 rings (SSSR count). The van der Waals surface area contributed by atoms with E-state index < -0.39 is 0 Å². The van der Waals surface area contributed by atoms with E-state index in [-0.39, 0.29) is 11.4 Å². The van der Waals surface area contributed by atoms with Gasteiger partial charge in [0.25, 0.3) is 0 Å². The monoisotopic (exact) mass is 362 g/mol. The van der Waals surface area contributed by atoms with Crippen LogP contribution in [0.5, 0.6) is 0 Å². The van der Waals surface area contributed by atoms with E-state index in [4.69, 9.17) is 11.6 Å². The molecule has 0 saturated heterocycles. The first-order valence-corrected chi connectivity index (χ1v) is 8.79. The number of likely N-dealkylation sites (N-methyl/N-ethyl adjacent to an activating group) is 1. The number of aryl methyl sites for hydroxylation is 1. The Morgan fingerprint density at radius 3 is 2.52 bits per heavy atom. The molecule has 1 amide bonds. The van der Waals surface area contributed by atoms with Crippen LogP contribution in [-0.4, -0.2) is 39.7 Å². The lowest BCUT2D eigenvalue weighted by atomic mass is 10.1. The summed E-state index contributed by atoms with van der Waals surface area (Å²) in [5, 5.41) is 8.15. The average Bonchev–Trinajstić information content (AvgIpc) is 2.74. The van der Waals surface area contributed by atoms with Crippen LogP contribution in [0.1, 0.15) is 37.6 Å². The Balaban J connectivity index is 2.03. The molecule has 6 heteroatoms. The van der Waals surface area contributed by atoms with Gasteiger partial charge in [-0.25, -0.2) is 4.68 Å². The largest absolute Gasteiger partial charge is 0.350 e. The van der Waals surface area contributed by atoms with Gasteiger partial charge in [0.1, 0.15) is 5.15 Å². The molecule has 136 valence electrons. The van der Waals surface area contributed by atoms with Crippen molar-refractivity contribution in [3.63, 3.8) is 0 Å². The molecule has 0 aliphatic carbocycles. The van der Waals surface area contributed by atoms with Crippen molar-refractivity contribution in [3.8, 4) is 0 Å². The Hall–Kier alpha value is -1.85. The van der Waals surface area contributed by atoms with Crippen molar-refractivity contribution in [2.24, 2.45) is 0 Å². The Morgan fingerprint density at radius 2 is 1.92 bits per heavy atom. The number of nitrogens with one attached hydrogen (secondary N) is 1. The SMILES string of the molecule is Cc1nn(Cc2ccccc2)c(Cl)c1CN(C)CC(=O)NC(C)(C)C. The third-order valence-corrected chi connectivity index (χ3v) is 4.14. The molecule has 0 fully saturated rings. The molecule has 0 radical (unpaired) electrons. The first kappa shape index (κ1) is 19.5. The number of aromatic nitrogens is 2. The van der Waals surface area contributed by atoms with E-state index in [2.05, 4.69) is 22.5 Å². The molecule has 0 atom stereocenters. The van der Waals surface area contributed by atoms with Gasteiger partial charge in [0, 0.05) is 17.6 Å². The van der Waals surface area contributed by atoms with E-state index in [9.17, 15) is 4.79 Å². The number of carbonyl (C=O) groups excluding carboxylic acids is 1. The summed E-state index contributed by atoms with van der Waals surface area (Å²) in [5.41, 5.74) is 2.77. The third kappa shape index (κ3) is 5.87. The number of rotatable bonds is 6. The average molecular weight is 363 g/mol. The topological polar surface area (TPSA) is 50.2 Å². The zero-order valence-electron chi connectivity index (χ0n) is 15.6. The molecule has 1 aromatic heterocycles. The third-order valence-electron chi connectivity index (χ3n) is 3.71. The van der Waals surface area contributed by atoms with Crippen molar-refractivity contribution >= 4 is 17.5 Å². The lowest BCUT2D eigenvalue weighted by Gasteiger charge is -2.23. The van der Waals surface area contributed by atoms with Gasteiger partial charge in [-0.2, -0.15) is 5.10 Å². The maximum absolute atomic E-state index is 12.1. The molecule has 1 aromatic carbocycles. The van der Waals surface area contributed by atoms with Crippen LogP contribution >= 0.6 is 11.6 Å². The molecule has 5 nitrogen and oxygen atoms in total. The number of carbonyl (C=O) groups is 1. The van der Waals surface area contributed by atoms with E-state index in [1.54, 1.807) is 0 Å². The van der Waals surface area contributed by atoms with Gasteiger partial charge in [-0.3, -0.25) is 9.69 Å². The number of hydrogen-bond acceptors (Lipinski definition) is 3. The van der Waals surface area contributed by atoms with E-state index in [0.717, 1.165) is 16.8 Å². The molecule has 2 aromatic rings. The van der Waals surface area contributed by atoms with Crippen LogP contribution < -0.4 is 5.32 Å². The van der Waals surface area contributed by atoms with E-state index in [0.29, 0.717) is 24.8 Å². The first-order valence-electron chi connectivity index (χ1n) is 8.41. The number of nitrogens with zero attached hydrogens (tertiary/aromatic N) is 3. The standard InChI is InChI=1S/C19H27ClN4O/c1-14-16(12-23(5)13-17(25)21-19(2,3)4)18(20)24(22-14)11-15-9-7-6-8-10-15/h6-10H,11-13H2,1-5H3,(H,21,25). The van der Waals surface area contributed by atoms with Gasteiger partial charge in [-0.1, -0.05) is 41.9 Å². The Kier molecular flexibility index (Phi) is 6.25. The fourth-order valence-electron chi connectivity index (χ4n) is 2.66. The van der Waals surface area contributed by atoms with Gasteiger partial charge >= 0.3 is 0 Å². The highest BCUT2D eigenvalue weighted by Gasteiger charge is 2.18. The van der Waals surface area contributed by atoms with Crippen LogP contribution in [-0.2, 0) is 17.9 Å². The maximum Gasteiger partial charge on any atom is 0.234 e. The van der Waals surface area contributed by atoms with Gasteiger partial charge in [-0.05, 0) is 40.3 Å². The minimum Gasteiger partial charge on any atom is -0.350 e. The highest BCUT2D eigenvalue weighted by atomic mass is 35.5. The van der Waals surface area contributed by atoms with Crippen LogP contribution in [0.3, 0.4) is 0 Å². The molecule has 0 spiro atoms. The molecule has 0 aliphatic rings. The minimum absolute atomic E-state index is 0.000419. The highest BCUT2D eigenvalue weighted by Crippen LogP contribution is 2.22. The van der Waals surface area contributed by atoms with E-state index in [1.807, 2.05) is 62.5 Å². The lowest BCUT2D eigenvalue weighted by Crippen LogP contribution is -2.45. The molecule has 0 saturated carbocycles. The molecular formula is C19H27ClN4O. The normalized spacial score (nSPS) is 11.8. The summed E-state index contributed by atoms with van der Waals surface area (Å²) in [7, 11) is 1.91. The summed E-state index contributed by atoms with van der Waals surface area (Å²) < 4.78 is 1.81. The lowest BCUT2D eigenvalue weighted by molar-refractivity contribution is -0.123. The molecular weight excluding hydrogens is 336 g/mol. The zero-order chi connectivity index (χ0) is 18.6. The van der Waals surface area contributed by atoms with Gasteiger partial charge < -0.3 is 5.32 Å². The van der Waals surface area contributed by atoms with Crippen LogP contribution in [0.25, 0.3) is 0 Å². The maximum atomic E-state index is 12.1. The molecule has 0 bridgehead atoms. The van der Waals surface area contributed by atoms with Gasteiger partial charge in [-0.15, -0.1) is 0 Å². The summed E-state index contributed by atoms with van der Waals surface area (Å²) in [6.45, 7) is 9.40. The Labute approximate surface area is 155 Å². The second-order valence-corrected chi connectivity index (χ2v) is 7.83. The second kappa shape index (κ2) is 8.02. The quantitative estimate of drug-likeness (QED) is 0.858. The van der Waals surface area contributed by atoms with Crippen LogP contribution in [0, 0.1) is 6.92 Å². The summed E-state index contributed by atoms with van der Waals surface area (Å²) in [6, 6.07) is 10.1. The Morgan fingerprint density at radius 1 is 1.28 bits per heavy atom. The zero-order valence-corrected chi connectivity index (χ0v) is 16.4. The number of hydrogen-bond donors (Lipinski definition) is 1. The summed E-state index contributed by atoms with van der Waals surface area (Å²) >= 11 is 6.54. The highest BCUT2D eigenvalue weighted by molar-refractivity contribution is 6.30. The fraction of sp³-hybridized carbons (Fsp3) is 0.474. The van der Waals surface area contributed by atoms with Crippen molar-refractivity contribution in [2.75, 3.05) is 13.6 Å². The van der Waals surface area contributed by atoms with Crippen molar-refractivity contribution in [1.82, 2.24) is 20.0 Å². The summed E-state index contributed by atoms with van der Waals surface area (Å²) in [5.74, 6) is 0.000419. The number of halogens is 1. The van der Waals surface area contributed by atoms with E-state index in [1.165, 1.54) is 0 Å². The van der Waals surface area contributed by atoms with Crippen LogP contribution in [0.2, 0.25) is 5.15 Å². The second-order valence-electron chi connectivity index (χ2n) is 7.47. The molecule has 0 unspecified atom stereocenters. The fourth-order valence-corrected chi connectivity index (χ4v) is 2.95. The van der Waals surface area contributed by atoms with Gasteiger partial charge in [0.05, 0.1) is 18.8 Å². The summed E-state index contributed by atoms with van der Waals surface area (Å²) in [6.07, 6.45) is 0. The van der Waals surface area contributed by atoms with Crippen LogP contribution in [0.4, 0.5) is 0 Å². The van der Waals surface area contributed by atoms with Gasteiger partial charge in [0.15, 0.2) is 0 Å². The summed E-state index contributed by atoms with van der Waals surface area (Å²) in [4.78, 5) is 14.0. The van der Waals surface area contributed by atoms with Crippen molar-refractivity contribution in [1.29, 1.82) is 0 Å². The van der Waals surface area contributed by atoms with Crippen molar-refractivity contribution < 1.29 is 4.79 Å². The first-order chi connectivity index (χ1) is 11.7.